The molecular weight excluding hydrogens is 442 g/mol. The summed E-state index contributed by atoms with van der Waals surface area (Å²) in [6, 6.07) is 4.25. The van der Waals surface area contributed by atoms with E-state index < -0.39 is 11.2 Å². The van der Waals surface area contributed by atoms with E-state index in [1.165, 1.54) is 6.42 Å². The van der Waals surface area contributed by atoms with Crippen LogP contribution in [0.5, 0.6) is 0 Å². The third kappa shape index (κ3) is 8.78. The Hall–Kier alpha value is -2.15. The van der Waals surface area contributed by atoms with E-state index in [0.29, 0.717) is 18.9 Å². The van der Waals surface area contributed by atoms with E-state index in [-0.39, 0.29) is 18.0 Å². The van der Waals surface area contributed by atoms with Crippen molar-refractivity contribution in [2.75, 3.05) is 31.1 Å². The van der Waals surface area contributed by atoms with Crippen LogP contribution >= 0.6 is 0 Å². The fourth-order valence-electron chi connectivity index (χ4n) is 4.95. The molecule has 1 amide bonds. The number of pyridine rings is 1. The quantitative estimate of drug-likeness (QED) is 0.480. The summed E-state index contributed by atoms with van der Waals surface area (Å²) in [6.45, 7) is 17.3. The first kappa shape index (κ1) is 27.4. The Bertz CT molecular complexity index is 887. The van der Waals surface area contributed by atoms with Gasteiger partial charge in [-0.1, -0.05) is 13.0 Å². The van der Waals surface area contributed by atoms with Gasteiger partial charge in [-0.2, -0.15) is 0 Å². The molecule has 0 aliphatic carbocycles. The number of carbonyl (C=O) groups is 2. The predicted molar refractivity (Wildman–Crippen MR) is 139 cm³/mol. The molecule has 35 heavy (non-hydrogen) atoms. The number of hydrogen-bond acceptors (Lipinski definition) is 6. The number of likely N-dealkylation sites (tertiary alicyclic amines) is 1. The second-order valence-electron chi connectivity index (χ2n) is 12.4. The van der Waals surface area contributed by atoms with Crippen molar-refractivity contribution in [1.82, 2.24) is 9.88 Å². The zero-order valence-electron chi connectivity index (χ0n) is 22.9. The molecule has 0 saturated carbocycles. The molecule has 1 aromatic rings. The lowest BCUT2D eigenvalue weighted by molar-refractivity contribution is -0.155. The highest BCUT2D eigenvalue weighted by molar-refractivity contribution is 5.88. The Morgan fingerprint density at radius 2 is 1.80 bits per heavy atom. The van der Waals surface area contributed by atoms with Gasteiger partial charge in [-0.15, -0.1) is 0 Å². The van der Waals surface area contributed by atoms with Gasteiger partial charge in [-0.05, 0) is 104 Å². The number of esters is 1. The highest BCUT2D eigenvalue weighted by Crippen LogP contribution is 2.29. The van der Waals surface area contributed by atoms with Crippen LogP contribution < -0.4 is 4.90 Å². The van der Waals surface area contributed by atoms with Crippen molar-refractivity contribution in [3.05, 3.63) is 23.4 Å². The van der Waals surface area contributed by atoms with E-state index >= 15 is 0 Å². The minimum Gasteiger partial charge on any atom is -0.460 e. The van der Waals surface area contributed by atoms with Crippen LogP contribution in [0.2, 0.25) is 0 Å². The maximum absolute atomic E-state index is 12.7. The van der Waals surface area contributed by atoms with E-state index in [0.717, 1.165) is 62.4 Å². The molecule has 2 aliphatic rings. The van der Waals surface area contributed by atoms with Crippen LogP contribution in [0.3, 0.4) is 0 Å². The smallest absolute Gasteiger partial charge is 0.416 e. The fourth-order valence-corrected chi connectivity index (χ4v) is 4.95. The van der Waals surface area contributed by atoms with Crippen LogP contribution in [0.1, 0.15) is 85.4 Å². The van der Waals surface area contributed by atoms with E-state index in [2.05, 4.69) is 24.0 Å². The first-order valence-electron chi connectivity index (χ1n) is 13.2. The second kappa shape index (κ2) is 11.3. The summed E-state index contributed by atoms with van der Waals surface area (Å²) >= 11 is 0. The first-order chi connectivity index (χ1) is 16.3. The summed E-state index contributed by atoms with van der Waals surface area (Å²) in [5.41, 5.74) is 1.21. The molecular formula is C28H45N3O4. The molecule has 2 atom stereocenters. The maximum Gasteiger partial charge on any atom is 0.416 e. The predicted octanol–water partition coefficient (Wildman–Crippen LogP) is 5.39. The Kier molecular flexibility index (Phi) is 8.84. The topological polar surface area (TPSA) is 72.0 Å². The molecule has 0 spiro atoms. The van der Waals surface area contributed by atoms with Crippen molar-refractivity contribution in [1.29, 1.82) is 0 Å². The van der Waals surface area contributed by atoms with Gasteiger partial charge in [0.1, 0.15) is 17.0 Å². The molecule has 0 bridgehead atoms. The van der Waals surface area contributed by atoms with Crippen molar-refractivity contribution in [2.24, 2.45) is 11.8 Å². The summed E-state index contributed by atoms with van der Waals surface area (Å²) in [5.74, 6) is 1.57. The lowest BCUT2D eigenvalue weighted by Gasteiger charge is -2.31. The largest absolute Gasteiger partial charge is 0.460 e. The maximum atomic E-state index is 12.7. The highest BCUT2D eigenvalue weighted by Gasteiger charge is 2.29. The Morgan fingerprint density at radius 3 is 2.49 bits per heavy atom. The Balaban J connectivity index is 1.50. The van der Waals surface area contributed by atoms with Gasteiger partial charge in [-0.3, -0.25) is 9.69 Å². The number of rotatable bonds is 7. The zero-order chi connectivity index (χ0) is 25.8. The Morgan fingerprint density at radius 1 is 1.09 bits per heavy atom. The lowest BCUT2D eigenvalue weighted by atomic mass is 9.99. The van der Waals surface area contributed by atoms with Crippen LogP contribution in [-0.4, -0.2) is 59.3 Å². The van der Waals surface area contributed by atoms with Crippen molar-refractivity contribution in [2.45, 2.75) is 98.2 Å². The minimum atomic E-state index is -0.523. The van der Waals surface area contributed by atoms with Gasteiger partial charge in [0.15, 0.2) is 0 Å². The normalized spacial score (nSPS) is 19.9. The summed E-state index contributed by atoms with van der Waals surface area (Å²) in [4.78, 5) is 33.9. The average molecular weight is 488 g/mol. The number of nitrogens with zero attached hydrogens (tertiary/aromatic N) is 3. The van der Waals surface area contributed by atoms with Crippen molar-refractivity contribution in [3.8, 4) is 0 Å². The lowest BCUT2D eigenvalue weighted by Crippen LogP contribution is -2.40. The third-order valence-corrected chi connectivity index (χ3v) is 6.39. The molecule has 2 aliphatic heterocycles. The molecule has 0 radical (unpaired) electrons. The summed E-state index contributed by atoms with van der Waals surface area (Å²) in [5, 5.41) is 0. The fraction of sp³-hybridized carbons (Fsp3) is 0.750. The van der Waals surface area contributed by atoms with E-state index in [4.69, 9.17) is 14.5 Å². The van der Waals surface area contributed by atoms with Gasteiger partial charge in [0.2, 0.25) is 0 Å². The van der Waals surface area contributed by atoms with Crippen molar-refractivity contribution < 1.29 is 19.1 Å². The Labute approximate surface area is 211 Å². The van der Waals surface area contributed by atoms with Crippen LogP contribution in [-0.2, 0) is 27.1 Å². The molecule has 3 heterocycles. The second-order valence-corrected chi connectivity index (χ2v) is 12.4. The molecule has 196 valence electrons. The molecule has 0 aromatic carbocycles. The molecule has 1 fully saturated rings. The van der Waals surface area contributed by atoms with Gasteiger partial charge in [0, 0.05) is 31.7 Å². The van der Waals surface area contributed by atoms with Gasteiger partial charge < -0.3 is 14.4 Å². The van der Waals surface area contributed by atoms with Crippen LogP contribution in [0.15, 0.2) is 12.1 Å². The van der Waals surface area contributed by atoms with Gasteiger partial charge in [0.25, 0.3) is 0 Å². The first-order valence-corrected chi connectivity index (χ1v) is 13.2. The number of amides is 1. The van der Waals surface area contributed by atoms with E-state index in [9.17, 15) is 9.59 Å². The minimum absolute atomic E-state index is 0.111. The molecule has 1 aromatic heterocycles. The molecule has 0 N–H and O–H groups in total. The number of ether oxygens (including phenoxy) is 2. The molecule has 1 saturated heterocycles. The van der Waals surface area contributed by atoms with E-state index in [1.807, 2.05) is 41.5 Å². The third-order valence-electron chi connectivity index (χ3n) is 6.39. The van der Waals surface area contributed by atoms with E-state index in [1.54, 1.807) is 4.90 Å². The molecule has 3 rings (SSSR count). The molecule has 7 nitrogen and oxygen atoms in total. The standard InChI is InChI=1S/C28H45N3O4/c1-20(17-24(32)34-27(2,3)4)18-30-16-14-21(19-30)10-12-23-13-11-22-9-8-15-31(25(22)29-23)26(33)35-28(5,6)7/h11,13,20-21H,8-10,12,14-19H2,1-7H3/t20?,21-/m1/s1. The summed E-state index contributed by atoms with van der Waals surface area (Å²) < 4.78 is 11.1. The molecule has 1 unspecified atom stereocenters. The van der Waals surface area contributed by atoms with Gasteiger partial charge in [0.05, 0.1) is 0 Å². The average Bonchev–Trinajstić information content (AvgIpc) is 3.15. The van der Waals surface area contributed by atoms with Crippen LogP contribution in [0.4, 0.5) is 10.6 Å². The zero-order valence-corrected chi connectivity index (χ0v) is 22.9. The van der Waals surface area contributed by atoms with Crippen molar-refractivity contribution >= 4 is 17.9 Å². The number of hydrogen-bond donors (Lipinski definition) is 0. The molecule has 7 heteroatoms. The summed E-state index contributed by atoms with van der Waals surface area (Å²) in [6.07, 6.45) is 5.18. The SMILES string of the molecule is CC(CC(=O)OC(C)(C)C)CN1CC[C@@H](CCc2ccc3c(n2)N(C(=O)OC(C)(C)C)CCC3)C1. The van der Waals surface area contributed by atoms with Crippen LogP contribution in [0, 0.1) is 11.8 Å². The number of carbonyl (C=O) groups excluding carboxylic acids is 2. The number of aromatic nitrogens is 1. The number of fused-ring (bicyclic) bond motifs is 1. The van der Waals surface area contributed by atoms with Gasteiger partial charge in [-0.25, -0.2) is 9.78 Å². The van der Waals surface area contributed by atoms with Gasteiger partial charge >= 0.3 is 12.1 Å². The van der Waals surface area contributed by atoms with Crippen molar-refractivity contribution in [3.63, 3.8) is 0 Å². The number of anilines is 1. The monoisotopic (exact) mass is 487 g/mol. The highest BCUT2D eigenvalue weighted by atomic mass is 16.6. The summed E-state index contributed by atoms with van der Waals surface area (Å²) in [7, 11) is 0. The number of aryl methyl sites for hydroxylation is 2. The van der Waals surface area contributed by atoms with Crippen LogP contribution in [0.25, 0.3) is 0 Å².